The molecule has 0 bridgehead atoms. The van der Waals surface area contributed by atoms with Crippen LogP contribution in [-0.2, 0) is 0 Å². The van der Waals surface area contributed by atoms with E-state index in [-0.39, 0.29) is 0 Å². The Morgan fingerprint density at radius 2 is 2.50 bits per heavy atom. The third kappa shape index (κ3) is 2.71. The fourth-order valence-electron chi connectivity index (χ4n) is 1.96. The number of piperidine rings is 1. The molecule has 2 N–H and O–H groups in total. The number of anilines is 1. The Balaban J connectivity index is 1.91. The van der Waals surface area contributed by atoms with E-state index in [1.807, 2.05) is 0 Å². The molecular formula is C12H16N4. The lowest BCUT2D eigenvalue weighted by molar-refractivity contribution is 0.414. The van der Waals surface area contributed by atoms with E-state index in [0.717, 1.165) is 18.8 Å². The summed E-state index contributed by atoms with van der Waals surface area (Å²) in [4.78, 5) is 4.02. The van der Waals surface area contributed by atoms with Crippen molar-refractivity contribution in [2.45, 2.75) is 25.3 Å². The fraction of sp³-hybridized carbons (Fsp3) is 0.500. The minimum Gasteiger partial charge on any atom is -0.381 e. The molecule has 0 spiro atoms. The molecule has 0 saturated carbocycles. The highest BCUT2D eigenvalue weighted by Gasteiger charge is 2.12. The molecule has 1 aliphatic rings. The summed E-state index contributed by atoms with van der Waals surface area (Å²) in [5, 5.41) is 15.7. The Morgan fingerprint density at radius 3 is 3.25 bits per heavy atom. The Hall–Kier alpha value is -1.60. The average Bonchev–Trinajstić information content (AvgIpc) is 2.38. The highest BCUT2D eigenvalue weighted by atomic mass is 15.0. The van der Waals surface area contributed by atoms with Crippen LogP contribution in [0.2, 0.25) is 0 Å². The maximum Gasteiger partial charge on any atom is 0.101 e. The van der Waals surface area contributed by atoms with Gasteiger partial charge in [-0.05, 0) is 25.5 Å². The average molecular weight is 216 g/mol. The highest BCUT2D eigenvalue weighted by Crippen LogP contribution is 2.13. The van der Waals surface area contributed by atoms with Crippen LogP contribution in [0.1, 0.15) is 24.8 Å². The Bertz CT molecular complexity index is 377. The van der Waals surface area contributed by atoms with Crippen LogP contribution in [0.3, 0.4) is 0 Å². The van der Waals surface area contributed by atoms with Gasteiger partial charge in [0.25, 0.3) is 0 Å². The third-order valence-corrected chi connectivity index (χ3v) is 2.89. The van der Waals surface area contributed by atoms with Crippen molar-refractivity contribution < 1.29 is 0 Å². The molecule has 1 saturated heterocycles. The van der Waals surface area contributed by atoms with E-state index >= 15 is 0 Å². The van der Waals surface area contributed by atoms with E-state index in [1.54, 1.807) is 18.5 Å². The number of nitrogens with zero attached hydrogens (tertiary/aromatic N) is 2. The first-order chi connectivity index (χ1) is 7.90. The summed E-state index contributed by atoms with van der Waals surface area (Å²) in [5.41, 5.74) is 1.49. The highest BCUT2D eigenvalue weighted by molar-refractivity contribution is 5.55. The van der Waals surface area contributed by atoms with Crippen molar-refractivity contribution in [1.82, 2.24) is 10.3 Å². The normalized spacial score (nSPS) is 20.1. The second-order valence-electron chi connectivity index (χ2n) is 4.06. The van der Waals surface area contributed by atoms with Gasteiger partial charge in [-0.15, -0.1) is 0 Å². The van der Waals surface area contributed by atoms with Gasteiger partial charge < -0.3 is 10.6 Å². The summed E-state index contributed by atoms with van der Waals surface area (Å²) in [7, 11) is 0. The second kappa shape index (κ2) is 5.47. The summed E-state index contributed by atoms with van der Waals surface area (Å²) in [6.45, 7) is 1.96. The largest absolute Gasteiger partial charge is 0.381 e. The Labute approximate surface area is 95.7 Å². The molecule has 4 heteroatoms. The number of hydrogen-bond donors (Lipinski definition) is 2. The van der Waals surface area contributed by atoms with Gasteiger partial charge in [0, 0.05) is 18.8 Å². The quantitative estimate of drug-likeness (QED) is 0.804. The first kappa shape index (κ1) is 10.9. The lowest BCUT2D eigenvalue weighted by Crippen LogP contribution is -2.39. The van der Waals surface area contributed by atoms with Crippen molar-refractivity contribution in [2.75, 3.05) is 18.4 Å². The standard InChI is InChI=1S/C12H16N4/c13-7-10-4-6-14-9-12(10)16-8-11-3-1-2-5-15-11/h4,6,9,11,15-16H,1-3,5,8H2. The van der Waals surface area contributed by atoms with E-state index in [4.69, 9.17) is 5.26 Å². The second-order valence-corrected chi connectivity index (χ2v) is 4.06. The summed E-state index contributed by atoms with van der Waals surface area (Å²) < 4.78 is 0. The van der Waals surface area contributed by atoms with Gasteiger partial charge in [-0.1, -0.05) is 6.42 Å². The van der Waals surface area contributed by atoms with Crippen LogP contribution in [0.25, 0.3) is 0 Å². The van der Waals surface area contributed by atoms with Crippen LogP contribution >= 0.6 is 0 Å². The van der Waals surface area contributed by atoms with Crippen LogP contribution in [0.4, 0.5) is 5.69 Å². The zero-order valence-corrected chi connectivity index (χ0v) is 9.24. The molecular weight excluding hydrogens is 200 g/mol. The van der Waals surface area contributed by atoms with Crippen molar-refractivity contribution in [1.29, 1.82) is 5.26 Å². The van der Waals surface area contributed by atoms with E-state index < -0.39 is 0 Å². The van der Waals surface area contributed by atoms with Crippen LogP contribution in [-0.4, -0.2) is 24.1 Å². The van der Waals surface area contributed by atoms with Crippen LogP contribution in [0.15, 0.2) is 18.5 Å². The molecule has 0 radical (unpaired) electrons. The van der Waals surface area contributed by atoms with E-state index in [1.165, 1.54) is 19.3 Å². The summed E-state index contributed by atoms with van der Waals surface area (Å²) in [6.07, 6.45) is 7.11. The molecule has 0 amide bonds. The molecule has 2 heterocycles. The molecule has 84 valence electrons. The van der Waals surface area contributed by atoms with Crippen molar-refractivity contribution >= 4 is 5.69 Å². The maximum atomic E-state index is 8.92. The van der Waals surface area contributed by atoms with Gasteiger partial charge in [-0.25, -0.2) is 0 Å². The first-order valence-electron chi connectivity index (χ1n) is 5.71. The topological polar surface area (TPSA) is 60.7 Å². The minimum absolute atomic E-state index is 0.514. The number of hydrogen-bond acceptors (Lipinski definition) is 4. The molecule has 1 fully saturated rings. The van der Waals surface area contributed by atoms with E-state index in [2.05, 4.69) is 21.7 Å². The van der Waals surface area contributed by atoms with Crippen LogP contribution < -0.4 is 10.6 Å². The number of aromatic nitrogens is 1. The molecule has 1 atom stereocenters. The number of nitriles is 1. The lowest BCUT2D eigenvalue weighted by Gasteiger charge is -2.24. The zero-order valence-electron chi connectivity index (χ0n) is 9.24. The van der Waals surface area contributed by atoms with Crippen molar-refractivity contribution in [3.05, 3.63) is 24.0 Å². The van der Waals surface area contributed by atoms with Gasteiger partial charge in [0.05, 0.1) is 17.4 Å². The first-order valence-corrected chi connectivity index (χ1v) is 5.71. The number of nitrogens with one attached hydrogen (secondary N) is 2. The van der Waals surface area contributed by atoms with Crippen LogP contribution in [0, 0.1) is 11.3 Å². The predicted octanol–water partition coefficient (Wildman–Crippen LogP) is 1.51. The molecule has 1 unspecified atom stereocenters. The predicted molar refractivity (Wildman–Crippen MR) is 63.1 cm³/mol. The molecule has 1 aromatic heterocycles. The molecule has 2 rings (SSSR count). The number of pyridine rings is 1. The summed E-state index contributed by atoms with van der Waals surface area (Å²) >= 11 is 0. The monoisotopic (exact) mass is 216 g/mol. The molecule has 1 aliphatic heterocycles. The molecule has 16 heavy (non-hydrogen) atoms. The van der Waals surface area contributed by atoms with Gasteiger partial charge >= 0.3 is 0 Å². The van der Waals surface area contributed by atoms with Crippen LogP contribution in [0.5, 0.6) is 0 Å². The Morgan fingerprint density at radius 1 is 1.56 bits per heavy atom. The SMILES string of the molecule is N#Cc1ccncc1NCC1CCCCN1. The minimum atomic E-state index is 0.514. The van der Waals surface area contributed by atoms with Gasteiger partial charge in [0.15, 0.2) is 0 Å². The zero-order chi connectivity index (χ0) is 11.2. The summed E-state index contributed by atoms with van der Waals surface area (Å²) in [6, 6.07) is 4.41. The lowest BCUT2D eigenvalue weighted by atomic mass is 10.1. The van der Waals surface area contributed by atoms with Gasteiger partial charge in [0.2, 0.25) is 0 Å². The molecule has 4 nitrogen and oxygen atoms in total. The maximum absolute atomic E-state index is 8.92. The number of rotatable bonds is 3. The molecule has 0 aromatic carbocycles. The van der Waals surface area contributed by atoms with Crippen molar-refractivity contribution in [2.24, 2.45) is 0 Å². The van der Waals surface area contributed by atoms with Gasteiger partial charge in [-0.3, -0.25) is 4.98 Å². The molecule has 0 aliphatic carbocycles. The Kier molecular flexibility index (Phi) is 3.73. The van der Waals surface area contributed by atoms with Gasteiger partial charge in [-0.2, -0.15) is 5.26 Å². The summed E-state index contributed by atoms with van der Waals surface area (Å²) in [5.74, 6) is 0. The van der Waals surface area contributed by atoms with Gasteiger partial charge in [0.1, 0.15) is 6.07 Å². The van der Waals surface area contributed by atoms with E-state index in [9.17, 15) is 0 Å². The van der Waals surface area contributed by atoms with Crippen molar-refractivity contribution in [3.63, 3.8) is 0 Å². The van der Waals surface area contributed by atoms with Crippen molar-refractivity contribution in [3.8, 4) is 6.07 Å². The third-order valence-electron chi connectivity index (χ3n) is 2.89. The molecule has 1 aromatic rings. The smallest absolute Gasteiger partial charge is 0.101 e. The fourth-order valence-corrected chi connectivity index (χ4v) is 1.96. The van der Waals surface area contributed by atoms with E-state index in [0.29, 0.717) is 11.6 Å².